The third-order valence-electron chi connectivity index (χ3n) is 3.66. The van der Waals surface area contributed by atoms with Crippen LogP contribution in [0.2, 0.25) is 0 Å². The smallest absolute Gasteiger partial charge is 0.326 e. The predicted octanol–water partition coefficient (Wildman–Crippen LogP) is -2.86. The van der Waals surface area contributed by atoms with Gasteiger partial charge in [-0.3, -0.25) is 14.4 Å². The highest BCUT2D eigenvalue weighted by molar-refractivity contribution is 5.92. The lowest BCUT2D eigenvalue weighted by Crippen LogP contribution is -2.58. The molecule has 3 amide bonds. The van der Waals surface area contributed by atoms with Crippen LogP contribution in [-0.4, -0.2) is 64.7 Å². The summed E-state index contributed by atoms with van der Waals surface area (Å²) in [6.07, 6.45) is -0.0645. The Labute approximate surface area is 151 Å². The molecule has 0 aliphatic rings. The maximum Gasteiger partial charge on any atom is 0.326 e. The number of amides is 3. The number of rotatable bonds is 13. The van der Waals surface area contributed by atoms with E-state index in [1.54, 1.807) is 0 Å². The van der Waals surface area contributed by atoms with Crippen LogP contribution in [0.15, 0.2) is 0 Å². The number of aliphatic carboxylic acids is 1. The number of nitrogens with one attached hydrogen (secondary N) is 2. The van der Waals surface area contributed by atoms with Crippen LogP contribution in [0.1, 0.15) is 39.0 Å². The van der Waals surface area contributed by atoms with E-state index < -0.39 is 47.9 Å². The van der Waals surface area contributed by atoms with Crippen molar-refractivity contribution in [3.05, 3.63) is 0 Å². The third kappa shape index (κ3) is 9.30. The molecule has 0 aliphatic heterocycles. The summed E-state index contributed by atoms with van der Waals surface area (Å²) in [4.78, 5) is 46.2. The Morgan fingerprint density at radius 1 is 1.04 bits per heavy atom. The Kier molecular flexibility index (Phi) is 11.1. The lowest BCUT2D eigenvalue weighted by molar-refractivity contribution is -0.143. The van der Waals surface area contributed by atoms with E-state index in [4.69, 9.17) is 22.3 Å². The minimum Gasteiger partial charge on any atom is -0.480 e. The molecule has 0 aromatic heterocycles. The molecule has 0 saturated heterocycles. The molecule has 0 aromatic rings. The highest BCUT2D eigenvalue weighted by Gasteiger charge is 2.30. The molecule has 0 saturated carbocycles. The summed E-state index contributed by atoms with van der Waals surface area (Å²) in [5.41, 5.74) is 16.1. The van der Waals surface area contributed by atoms with Crippen molar-refractivity contribution in [3.8, 4) is 0 Å². The van der Waals surface area contributed by atoms with Gasteiger partial charge >= 0.3 is 5.97 Å². The van der Waals surface area contributed by atoms with Crippen LogP contribution in [-0.2, 0) is 19.2 Å². The van der Waals surface area contributed by atoms with Crippen LogP contribution < -0.4 is 27.8 Å². The van der Waals surface area contributed by atoms with Crippen molar-refractivity contribution in [1.29, 1.82) is 0 Å². The van der Waals surface area contributed by atoms with Gasteiger partial charge in [-0.1, -0.05) is 6.42 Å². The second kappa shape index (κ2) is 12.2. The average molecular weight is 375 g/mol. The van der Waals surface area contributed by atoms with Gasteiger partial charge in [-0.15, -0.1) is 0 Å². The van der Waals surface area contributed by atoms with Crippen LogP contribution in [0.5, 0.6) is 0 Å². The van der Waals surface area contributed by atoms with Crippen LogP contribution in [0.25, 0.3) is 0 Å². The molecule has 0 heterocycles. The normalized spacial score (nSPS) is 15.4. The molecule has 10 N–H and O–H groups in total. The summed E-state index contributed by atoms with van der Waals surface area (Å²) in [6.45, 7) is 1.73. The van der Waals surface area contributed by atoms with Gasteiger partial charge in [0, 0.05) is 6.42 Å². The first-order chi connectivity index (χ1) is 12.1. The van der Waals surface area contributed by atoms with Gasteiger partial charge in [-0.2, -0.15) is 0 Å². The zero-order valence-electron chi connectivity index (χ0n) is 14.8. The van der Waals surface area contributed by atoms with E-state index in [-0.39, 0.29) is 12.8 Å². The Morgan fingerprint density at radius 2 is 1.65 bits per heavy atom. The number of hydrogen-bond donors (Lipinski definition) is 7. The van der Waals surface area contributed by atoms with Crippen molar-refractivity contribution in [2.45, 2.75) is 63.3 Å². The van der Waals surface area contributed by atoms with Crippen molar-refractivity contribution < 1.29 is 29.4 Å². The van der Waals surface area contributed by atoms with Crippen molar-refractivity contribution in [3.63, 3.8) is 0 Å². The van der Waals surface area contributed by atoms with Crippen molar-refractivity contribution >= 4 is 23.7 Å². The molecule has 11 nitrogen and oxygen atoms in total. The molecule has 26 heavy (non-hydrogen) atoms. The van der Waals surface area contributed by atoms with Gasteiger partial charge in [-0.25, -0.2) is 4.79 Å². The van der Waals surface area contributed by atoms with E-state index in [1.165, 1.54) is 6.92 Å². The minimum absolute atomic E-state index is 0.213. The molecule has 0 radical (unpaired) electrons. The molecule has 0 rings (SSSR count). The third-order valence-corrected chi connectivity index (χ3v) is 3.66. The largest absolute Gasteiger partial charge is 0.480 e. The summed E-state index contributed by atoms with van der Waals surface area (Å²) in [5, 5.41) is 23.3. The van der Waals surface area contributed by atoms with Gasteiger partial charge < -0.3 is 38.0 Å². The summed E-state index contributed by atoms with van der Waals surface area (Å²) in [6, 6.07) is -3.66. The van der Waals surface area contributed by atoms with E-state index in [0.717, 1.165) is 0 Å². The second-order valence-corrected chi connectivity index (χ2v) is 6.02. The maximum atomic E-state index is 12.2. The number of carboxylic acids is 1. The van der Waals surface area contributed by atoms with E-state index in [2.05, 4.69) is 10.6 Å². The van der Waals surface area contributed by atoms with Gasteiger partial charge in [0.05, 0.1) is 12.1 Å². The zero-order chi connectivity index (χ0) is 20.3. The molecule has 0 unspecified atom stereocenters. The molecule has 150 valence electrons. The first-order valence-electron chi connectivity index (χ1n) is 8.35. The Balaban J connectivity index is 4.84. The zero-order valence-corrected chi connectivity index (χ0v) is 14.8. The molecule has 0 aliphatic carbocycles. The topological polar surface area (TPSA) is 211 Å². The quantitative estimate of drug-likeness (QED) is 0.166. The van der Waals surface area contributed by atoms with Gasteiger partial charge in [0.15, 0.2) is 0 Å². The number of aliphatic hydroxyl groups excluding tert-OH is 1. The number of hydrogen-bond acceptors (Lipinski definition) is 7. The van der Waals surface area contributed by atoms with Gasteiger partial charge in [-0.05, 0) is 32.7 Å². The van der Waals surface area contributed by atoms with E-state index in [0.29, 0.717) is 25.8 Å². The summed E-state index contributed by atoms with van der Waals surface area (Å²) >= 11 is 0. The van der Waals surface area contributed by atoms with Gasteiger partial charge in [0.25, 0.3) is 0 Å². The average Bonchev–Trinajstić information content (AvgIpc) is 2.55. The lowest BCUT2D eigenvalue weighted by atomic mass is 10.1. The Bertz CT molecular complexity index is 499. The van der Waals surface area contributed by atoms with E-state index in [9.17, 15) is 24.3 Å². The highest BCUT2D eigenvalue weighted by Crippen LogP contribution is 2.03. The Hall–Kier alpha value is -2.24. The highest BCUT2D eigenvalue weighted by atomic mass is 16.4. The fraction of sp³-hybridized carbons (Fsp3) is 0.733. The number of primary amides is 1. The van der Waals surface area contributed by atoms with E-state index >= 15 is 0 Å². The number of unbranched alkanes of at least 4 members (excludes halogenated alkanes) is 1. The monoisotopic (exact) mass is 375 g/mol. The molecular weight excluding hydrogens is 346 g/mol. The minimum atomic E-state index is -1.39. The molecular formula is C15H29N5O6. The van der Waals surface area contributed by atoms with Crippen LogP contribution in [0, 0.1) is 0 Å². The molecule has 0 aromatic carbocycles. The van der Waals surface area contributed by atoms with Crippen LogP contribution in [0.3, 0.4) is 0 Å². The van der Waals surface area contributed by atoms with Crippen molar-refractivity contribution in [2.24, 2.45) is 17.2 Å². The Morgan fingerprint density at radius 3 is 2.12 bits per heavy atom. The SMILES string of the molecule is C[C@@H](O)[C@H](NC(=O)[C@@H](N)CCCCN)C(=O)N[C@@H](CCC(N)=O)C(=O)O. The number of carbonyl (C=O) groups is 4. The summed E-state index contributed by atoms with van der Waals surface area (Å²) in [7, 11) is 0. The van der Waals surface area contributed by atoms with Crippen LogP contribution in [0.4, 0.5) is 0 Å². The predicted molar refractivity (Wildman–Crippen MR) is 92.5 cm³/mol. The van der Waals surface area contributed by atoms with Crippen LogP contribution >= 0.6 is 0 Å². The second-order valence-electron chi connectivity index (χ2n) is 6.02. The van der Waals surface area contributed by atoms with Crippen molar-refractivity contribution in [2.75, 3.05) is 6.54 Å². The molecule has 11 heteroatoms. The summed E-state index contributed by atoms with van der Waals surface area (Å²) < 4.78 is 0. The number of carbonyl (C=O) groups excluding carboxylic acids is 3. The molecule has 0 spiro atoms. The van der Waals surface area contributed by atoms with Crippen molar-refractivity contribution in [1.82, 2.24) is 10.6 Å². The number of nitrogens with two attached hydrogens (primary N) is 3. The fourth-order valence-corrected chi connectivity index (χ4v) is 2.11. The standard InChI is InChI=1S/C15H29N5O6/c1-8(21)12(20-13(23)9(17)4-2-3-7-16)14(24)19-10(15(25)26)5-6-11(18)22/h8-10,12,21H,2-7,16-17H2,1H3,(H2,18,22)(H,19,24)(H,20,23)(H,25,26)/t8-,9+,10+,12+/m1/s1. The molecule has 0 fully saturated rings. The number of carboxylic acid groups (broad SMARTS) is 1. The molecule has 4 atom stereocenters. The summed E-state index contributed by atoms with van der Waals surface area (Å²) in [5.74, 6) is -3.63. The maximum absolute atomic E-state index is 12.2. The fourth-order valence-electron chi connectivity index (χ4n) is 2.11. The first-order valence-corrected chi connectivity index (χ1v) is 8.35. The first kappa shape index (κ1) is 23.8. The van der Waals surface area contributed by atoms with Gasteiger partial charge in [0.1, 0.15) is 12.1 Å². The lowest BCUT2D eigenvalue weighted by Gasteiger charge is -2.24. The van der Waals surface area contributed by atoms with E-state index in [1.807, 2.05) is 0 Å². The van der Waals surface area contributed by atoms with Gasteiger partial charge in [0.2, 0.25) is 17.7 Å². The number of aliphatic hydroxyl groups is 1. The molecule has 0 bridgehead atoms.